The molecule has 0 aliphatic rings. The molecule has 0 fully saturated rings. The highest BCUT2D eigenvalue weighted by atomic mass is 19.1. The monoisotopic (exact) mass is 269 g/mol. The number of phenols is 1. The Morgan fingerprint density at radius 1 is 1.05 bits per heavy atom. The zero-order valence-corrected chi connectivity index (χ0v) is 9.19. The standard InChI is InChI=1S/C12H6F3NO3/c13-6-1-2-9(12(18)19)16-11(6)10-7(14)3-5(17)4-8(10)15/h1-4,17H,(H,18,19). The Morgan fingerprint density at radius 2 is 1.63 bits per heavy atom. The quantitative estimate of drug-likeness (QED) is 0.879. The molecule has 0 unspecified atom stereocenters. The van der Waals surface area contributed by atoms with Crippen LogP contribution in [-0.2, 0) is 0 Å². The average molecular weight is 269 g/mol. The number of rotatable bonds is 2. The summed E-state index contributed by atoms with van der Waals surface area (Å²) in [7, 11) is 0. The lowest BCUT2D eigenvalue weighted by Gasteiger charge is -2.07. The molecule has 0 bridgehead atoms. The fraction of sp³-hybridized carbons (Fsp3) is 0. The van der Waals surface area contributed by atoms with Crippen molar-refractivity contribution in [2.24, 2.45) is 0 Å². The number of nitrogens with zero attached hydrogens (tertiary/aromatic N) is 1. The summed E-state index contributed by atoms with van der Waals surface area (Å²) >= 11 is 0. The number of aromatic nitrogens is 1. The van der Waals surface area contributed by atoms with E-state index in [9.17, 15) is 18.0 Å². The van der Waals surface area contributed by atoms with E-state index in [4.69, 9.17) is 10.2 Å². The van der Waals surface area contributed by atoms with Crippen LogP contribution in [0.1, 0.15) is 10.5 Å². The molecule has 1 heterocycles. The Bertz CT molecular complexity index is 650. The van der Waals surface area contributed by atoms with Crippen molar-refractivity contribution in [1.29, 1.82) is 0 Å². The number of pyridine rings is 1. The van der Waals surface area contributed by atoms with E-state index in [-0.39, 0.29) is 0 Å². The Hall–Kier alpha value is -2.57. The number of carboxylic acid groups (broad SMARTS) is 1. The van der Waals surface area contributed by atoms with E-state index in [2.05, 4.69) is 4.98 Å². The Kier molecular flexibility index (Phi) is 3.12. The molecule has 1 aromatic carbocycles. The summed E-state index contributed by atoms with van der Waals surface area (Å²) in [6.07, 6.45) is 0. The summed E-state index contributed by atoms with van der Waals surface area (Å²) in [5.74, 6) is -5.69. The summed E-state index contributed by atoms with van der Waals surface area (Å²) < 4.78 is 40.6. The lowest BCUT2D eigenvalue weighted by molar-refractivity contribution is 0.0690. The topological polar surface area (TPSA) is 70.4 Å². The lowest BCUT2D eigenvalue weighted by Crippen LogP contribution is -2.04. The van der Waals surface area contributed by atoms with Crippen molar-refractivity contribution in [3.63, 3.8) is 0 Å². The van der Waals surface area contributed by atoms with E-state index in [1.165, 1.54) is 0 Å². The van der Waals surface area contributed by atoms with Crippen LogP contribution in [0.4, 0.5) is 13.2 Å². The highest BCUT2D eigenvalue weighted by molar-refractivity contribution is 5.86. The predicted octanol–water partition coefficient (Wildman–Crippen LogP) is 2.57. The smallest absolute Gasteiger partial charge is 0.354 e. The fourth-order valence-corrected chi connectivity index (χ4v) is 1.52. The van der Waals surface area contributed by atoms with E-state index in [1.54, 1.807) is 0 Å². The van der Waals surface area contributed by atoms with Gasteiger partial charge in [-0.1, -0.05) is 0 Å². The van der Waals surface area contributed by atoms with Crippen molar-refractivity contribution in [2.45, 2.75) is 0 Å². The van der Waals surface area contributed by atoms with Gasteiger partial charge in [-0.2, -0.15) is 0 Å². The SMILES string of the molecule is O=C(O)c1ccc(F)c(-c2c(F)cc(O)cc2F)n1. The first kappa shape index (κ1) is 12.9. The van der Waals surface area contributed by atoms with Crippen LogP contribution >= 0.6 is 0 Å². The Labute approximate surface area is 104 Å². The number of aromatic hydroxyl groups is 1. The highest BCUT2D eigenvalue weighted by Crippen LogP contribution is 2.29. The first-order chi connectivity index (χ1) is 8.90. The van der Waals surface area contributed by atoms with Crippen LogP contribution in [0, 0.1) is 17.5 Å². The molecule has 1 aromatic heterocycles. The number of halogens is 3. The third-order valence-corrected chi connectivity index (χ3v) is 2.33. The second-order valence-electron chi connectivity index (χ2n) is 3.62. The van der Waals surface area contributed by atoms with E-state index in [0.717, 1.165) is 12.1 Å². The van der Waals surface area contributed by atoms with Gasteiger partial charge in [-0.25, -0.2) is 22.9 Å². The second-order valence-corrected chi connectivity index (χ2v) is 3.62. The summed E-state index contributed by atoms with van der Waals surface area (Å²) in [6.45, 7) is 0. The number of benzene rings is 1. The number of hydrogen-bond donors (Lipinski definition) is 2. The van der Waals surface area contributed by atoms with Gasteiger partial charge in [0.05, 0.1) is 5.56 Å². The van der Waals surface area contributed by atoms with E-state index >= 15 is 0 Å². The number of hydrogen-bond acceptors (Lipinski definition) is 3. The molecule has 0 aliphatic heterocycles. The van der Waals surface area contributed by atoms with Gasteiger partial charge < -0.3 is 10.2 Å². The first-order valence-electron chi connectivity index (χ1n) is 4.98. The molecule has 0 spiro atoms. The van der Waals surface area contributed by atoms with Gasteiger partial charge in [0.2, 0.25) is 0 Å². The Balaban J connectivity index is 2.71. The molecular formula is C12H6F3NO3. The van der Waals surface area contributed by atoms with E-state index in [1.807, 2.05) is 0 Å². The second kappa shape index (κ2) is 4.60. The van der Waals surface area contributed by atoms with Crippen LogP contribution in [-0.4, -0.2) is 21.2 Å². The fourth-order valence-electron chi connectivity index (χ4n) is 1.52. The van der Waals surface area contributed by atoms with Crippen molar-refractivity contribution in [2.75, 3.05) is 0 Å². The zero-order valence-electron chi connectivity index (χ0n) is 9.19. The van der Waals surface area contributed by atoms with Gasteiger partial charge in [-0.3, -0.25) is 0 Å². The minimum absolute atomic E-state index is 0.553. The maximum Gasteiger partial charge on any atom is 0.354 e. The van der Waals surface area contributed by atoms with Gasteiger partial charge in [0, 0.05) is 12.1 Å². The molecule has 2 rings (SSSR count). The normalized spacial score (nSPS) is 10.5. The summed E-state index contributed by atoms with van der Waals surface area (Å²) in [5, 5.41) is 17.7. The van der Waals surface area contributed by atoms with Gasteiger partial charge in [0.25, 0.3) is 0 Å². The number of phenolic OH excluding ortho intramolecular Hbond substituents is 1. The molecule has 0 radical (unpaired) electrons. The van der Waals surface area contributed by atoms with Crippen molar-refractivity contribution in [3.8, 4) is 17.0 Å². The molecule has 0 atom stereocenters. The molecule has 2 aromatic rings. The minimum atomic E-state index is -1.46. The molecule has 0 saturated carbocycles. The first-order valence-corrected chi connectivity index (χ1v) is 4.98. The van der Waals surface area contributed by atoms with Crippen LogP contribution in [0.5, 0.6) is 5.75 Å². The average Bonchev–Trinajstić information content (AvgIpc) is 2.29. The molecule has 2 N–H and O–H groups in total. The van der Waals surface area contributed by atoms with Gasteiger partial charge in [-0.15, -0.1) is 0 Å². The van der Waals surface area contributed by atoms with Gasteiger partial charge in [0.1, 0.15) is 34.6 Å². The van der Waals surface area contributed by atoms with Crippen LogP contribution in [0.25, 0.3) is 11.3 Å². The van der Waals surface area contributed by atoms with Gasteiger partial charge >= 0.3 is 5.97 Å². The summed E-state index contributed by atoms with van der Waals surface area (Å²) in [5.41, 5.74) is -2.16. The van der Waals surface area contributed by atoms with E-state index in [0.29, 0.717) is 12.1 Å². The third-order valence-electron chi connectivity index (χ3n) is 2.33. The Morgan fingerprint density at radius 3 is 2.16 bits per heavy atom. The lowest BCUT2D eigenvalue weighted by atomic mass is 10.1. The van der Waals surface area contributed by atoms with Crippen molar-refractivity contribution >= 4 is 5.97 Å². The molecule has 4 nitrogen and oxygen atoms in total. The summed E-state index contributed by atoms with van der Waals surface area (Å²) in [4.78, 5) is 14.1. The molecule has 19 heavy (non-hydrogen) atoms. The van der Waals surface area contributed by atoms with Crippen molar-refractivity contribution in [1.82, 2.24) is 4.98 Å². The van der Waals surface area contributed by atoms with Crippen molar-refractivity contribution in [3.05, 3.63) is 47.4 Å². The van der Waals surface area contributed by atoms with Gasteiger partial charge in [0.15, 0.2) is 0 Å². The van der Waals surface area contributed by atoms with Crippen LogP contribution in [0.3, 0.4) is 0 Å². The largest absolute Gasteiger partial charge is 0.508 e. The molecule has 0 amide bonds. The van der Waals surface area contributed by atoms with Crippen molar-refractivity contribution < 1.29 is 28.2 Å². The highest BCUT2D eigenvalue weighted by Gasteiger charge is 2.20. The number of aromatic carboxylic acids is 1. The molecule has 7 heteroatoms. The van der Waals surface area contributed by atoms with E-state index < -0.39 is 46.1 Å². The zero-order chi connectivity index (χ0) is 14.2. The molecular weight excluding hydrogens is 263 g/mol. The third kappa shape index (κ3) is 2.35. The van der Waals surface area contributed by atoms with Crippen LogP contribution in [0.2, 0.25) is 0 Å². The van der Waals surface area contributed by atoms with Crippen LogP contribution < -0.4 is 0 Å². The number of carbonyl (C=O) groups is 1. The maximum atomic E-state index is 13.6. The molecule has 0 saturated heterocycles. The van der Waals surface area contributed by atoms with Gasteiger partial charge in [-0.05, 0) is 12.1 Å². The summed E-state index contributed by atoms with van der Waals surface area (Å²) in [6, 6.07) is 2.77. The van der Waals surface area contributed by atoms with Crippen LogP contribution in [0.15, 0.2) is 24.3 Å². The minimum Gasteiger partial charge on any atom is -0.508 e. The molecule has 0 aliphatic carbocycles. The molecule has 98 valence electrons. The predicted molar refractivity (Wildman–Crippen MR) is 58.2 cm³/mol. The number of carboxylic acids is 1. The maximum absolute atomic E-state index is 13.6.